The Kier molecular flexibility index (Phi) is 5.49. The van der Waals surface area contributed by atoms with Crippen LogP contribution in [0.3, 0.4) is 0 Å². The van der Waals surface area contributed by atoms with Crippen molar-refractivity contribution >= 4 is 103 Å². The predicted molar refractivity (Wildman–Crippen MR) is 189 cm³/mol. The molecule has 0 radical (unpaired) electrons. The van der Waals surface area contributed by atoms with Gasteiger partial charge in [0.15, 0.2) is 0 Å². The molecule has 0 fully saturated rings. The summed E-state index contributed by atoms with van der Waals surface area (Å²) < 4.78 is 2.60. The molecule has 43 heavy (non-hydrogen) atoms. The smallest absolute Gasteiger partial charge is 0.0554 e. The number of thiophene rings is 1. The van der Waals surface area contributed by atoms with E-state index in [1.54, 1.807) is 0 Å². The van der Waals surface area contributed by atoms with Gasteiger partial charge in [-0.15, -0.1) is 11.3 Å². The number of hydrogen-bond acceptors (Lipinski definition) is 2. The lowest BCUT2D eigenvalue weighted by Gasteiger charge is -2.27. The van der Waals surface area contributed by atoms with Gasteiger partial charge in [-0.1, -0.05) is 115 Å². The lowest BCUT2D eigenvalue weighted by molar-refractivity contribution is 1.30. The molecule has 202 valence electrons. The molecule has 0 spiro atoms. The number of halogens is 1. The lowest BCUT2D eigenvalue weighted by Crippen LogP contribution is -2.10. The number of hydrogen-bond donors (Lipinski definition) is 0. The topological polar surface area (TPSA) is 3.24 Å². The minimum Gasteiger partial charge on any atom is -0.310 e. The van der Waals surface area contributed by atoms with Crippen molar-refractivity contribution in [2.24, 2.45) is 0 Å². The fraction of sp³-hybridized carbons (Fsp3) is 0. The van der Waals surface area contributed by atoms with Crippen LogP contribution in [-0.4, -0.2) is 0 Å². The Hall–Kier alpha value is -4.89. The van der Waals surface area contributed by atoms with Crippen molar-refractivity contribution in [3.8, 4) is 0 Å². The van der Waals surface area contributed by atoms with Crippen LogP contribution in [0.2, 0.25) is 5.02 Å². The van der Waals surface area contributed by atoms with Crippen molar-refractivity contribution in [1.82, 2.24) is 0 Å². The third kappa shape index (κ3) is 3.64. The Morgan fingerprint density at radius 1 is 0.395 bits per heavy atom. The molecule has 0 atom stereocenters. The van der Waals surface area contributed by atoms with Gasteiger partial charge in [-0.3, -0.25) is 0 Å². The fourth-order valence-electron chi connectivity index (χ4n) is 6.89. The molecule has 9 rings (SSSR count). The molecule has 0 saturated carbocycles. The van der Waals surface area contributed by atoms with Gasteiger partial charge in [0.2, 0.25) is 0 Å². The van der Waals surface area contributed by atoms with Gasteiger partial charge in [0, 0.05) is 47.3 Å². The Bertz CT molecular complexity index is 2480. The van der Waals surface area contributed by atoms with Crippen LogP contribution in [0, 0.1) is 0 Å². The van der Waals surface area contributed by atoms with Gasteiger partial charge in [0.25, 0.3) is 0 Å². The quantitative estimate of drug-likeness (QED) is 0.186. The van der Waals surface area contributed by atoms with E-state index >= 15 is 0 Å². The van der Waals surface area contributed by atoms with E-state index in [0.29, 0.717) is 0 Å². The average molecular weight is 586 g/mol. The molecule has 0 aliphatic rings. The van der Waals surface area contributed by atoms with E-state index in [9.17, 15) is 0 Å². The van der Waals surface area contributed by atoms with Crippen LogP contribution in [0.15, 0.2) is 146 Å². The van der Waals surface area contributed by atoms with Crippen molar-refractivity contribution in [2.45, 2.75) is 0 Å². The largest absolute Gasteiger partial charge is 0.310 e. The molecule has 0 bridgehead atoms. The van der Waals surface area contributed by atoms with Gasteiger partial charge in [0.1, 0.15) is 0 Å². The van der Waals surface area contributed by atoms with E-state index in [0.717, 1.165) is 16.4 Å². The predicted octanol–water partition coefficient (Wildman–Crippen LogP) is 12.8. The minimum absolute atomic E-state index is 0.758. The Morgan fingerprint density at radius 2 is 0.907 bits per heavy atom. The van der Waals surface area contributed by atoms with E-state index in [1.165, 1.54) is 68.9 Å². The van der Waals surface area contributed by atoms with Crippen LogP contribution in [-0.2, 0) is 0 Å². The van der Waals surface area contributed by atoms with E-state index in [2.05, 4.69) is 144 Å². The van der Waals surface area contributed by atoms with Crippen molar-refractivity contribution in [2.75, 3.05) is 4.90 Å². The number of benzene rings is 8. The second-order valence-electron chi connectivity index (χ2n) is 11.0. The average Bonchev–Trinajstić information content (AvgIpc) is 3.48. The zero-order chi connectivity index (χ0) is 28.5. The molecular formula is C40H24ClNS. The summed E-state index contributed by atoms with van der Waals surface area (Å²) in [5.41, 5.74) is 3.43. The van der Waals surface area contributed by atoms with E-state index in [4.69, 9.17) is 11.6 Å². The van der Waals surface area contributed by atoms with E-state index in [-0.39, 0.29) is 0 Å². The maximum absolute atomic E-state index is 6.70. The van der Waals surface area contributed by atoms with Crippen molar-refractivity contribution in [3.63, 3.8) is 0 Å². The first kappa shape index (κ1) is 24.7. The molecule has 3 heteroatoms. The molecule has 0 saturated heterocycles. The first-order valence-corrected chi connectivity index (χ1v) is 15.7. The van der Waals surface area contributed by atoms with Crippen molar-refractivity contribution < 1.29 is 0 Å². The van der Waals surface area contributed by atoms with Crippen LogP contribution in [0.1, 0.15) is 0 Å². The Balaban J connectivity index is 1.55. The molecule has 0 N–H and O–H groups in total. The Labute approximate surface area is 257 Å². The highest BCUT2D eigenvalue weighted by atomic mass is 35.5. The van der Waals surface area contributed by atoms with E-state index < -0.39 is 0 Å². The maximum atomic E-state index is 6.70. The molecule has 8 aromatic carbocycles. The maximum Gasteiger partial charge on any atom is 0.0554 e. The summed E-state index contributed by atoms with van der Waals surface area (Å²) in [6, 6.07) is 52.2. The number of anilines is 3. The van der Waals surface area contributed by atoms with Gasteiger partial charge in [-0.25, -0.2) is 0 Å². The second kappa shape index (κ2) is 9.57. The van der Waals surface area contributed by atoms with Crippen LogP contribution in [0.25, 0.3) is 63.3 Å². The first-order valence-electron chi connectivity index (χ1n) is 14.5. The zero-order valence-electron chi connectivity index (χ0n) is 23.1. The summed E-state index contributed by atoms with van der Waals surface area (Å²) in [6.45, 7) is 0. The third-order valence-corrected chi connectivity index (χ3v) is 10.1. The highest BCUT2D eigenvalue weighted by molar-refractivity contribution is 7.28. The number of rotatable bonds is 3. The number of para-hydroxylation sites is 2. The Morgan fingerprint density at radius 3 is 1.60 bits per heavy atom. The van der Waals surface area contributed by atoms with Gasteiger partial charge < -0.3 is 4.90 Å². The van der Waals surface area contributed by atoms with Crippen LogP contribution in [0.5, 0.6) is 0 Å². The molecule has 0 unspecified atom stereocenters. The molecular weight excluding hydrogens is 562 g/mol. The molecule has 0 aliphatic heterocycles. The van der Waals surface area contributed by atoms with Gasteiger partial charge in [-0.05, 0) is 74.8 Å². The molecule has 1 nitrogen and oxygen atoms in total. The van der Waals surface area contributed by atoms with E-state index in [1.807, 2.05) is 17.4 Å². The molecule has 0 aliphatic carbocycles. The van der Waals surface area contributed by atoms with Gasteiger partial charge >= 0.3 is 0 Å². The first-order chi connectivity index (χ1) is 21.3. The molecule has 9 aromatic rings. The standard InChI is InChI=1S/C40H24ClNS/c41-25-22-23-30-28-16-8-10-19-33(28)39-38(34(30)24-25)37-32-18-9-7-17-29(32)31-20-11-21-35(36(31)40(37)43-39)42(26-12-3-1-4-13-26)27-14-5-2-6-15-27/h1-24H. The van der Waals surface area contributed by atoms with Gasteiger partial charge in [0.05, 0.1) is 5.69 Å². The van der Waals surface area contributed by atoms with Crippen LogP contribution in [0.4, 0.5) is 17.1 Å². The summed E-state index contributed by atoms with van der Waals surface area (Å²) in [4.78, 5) is 2.40. The molecule has 1 aromatic heterocycles. The summed E-state index contributed by atoms with van der Waals surface area (Å²) in [6.07, 6.45) is 0. The van der Waals surface area contributed by atoms with Crippen molar-refractivity contribution in [1.29, 1.82) is 0 Å². The van der Waals surface area contributed by atoms with Crippen LogP contribution < -0.4 is 4.90 Å². The highest BCUT2D eigenvalue weighted by Crippen LogP contribution is 2.52. The second-order valence-corrected chi connectivity index (χ2v) is 12.5. The SMILES string of the molecule is Clc1ccc2c3ccccc3c3sc4c5c(N(c6ccccc6)c6ccccc6)cccc5c5ccccc5c4c3c2c1. The van der Waals surface area contributed by atoms with Gasteiger partial charge in [-0.2, -0.15) is 0 Å². The zero-order valence-corrected chi connectivity index (χ0v) is 24.7. The summed E-state index contributed by atoms with van der Waals surface area (Å²) >= 11 is 8.61. The molecule has 0 amide bonds. The number of fused-ring (bicyclic) bond motifs is 13. The molecule has 1 heterocycles. The third-order valence-electron chi connectivity index (χ3n) is 8.65. The summed E-state index contributed by atoms with van der Waals surface area (Å²) in [7, 11) is 0. The minimum atomic E-state index is 0.758. The fourth-order valence-corrected chi connectivity index (χ4v) is 8.50. The normalized spacial score (nSPS) is 11.8. The summed E-state index contributed by atoms with van der Waals surface area (Å²) in [5, 5.41) is 13.4. The monoisotopic (exact) mass is 585 g/mol. The van der Waals surface area contributed by atoms with Crippen molar-refractivity contribution in [3.05, 3.63) is 151 Å². The summed E-state index contributed by atoms with van der Waals surface area (Å²) in [5.74, 6) is 0. The van der Waals surface area contributed by atoms with Crippen LogP contribution >= 0.6 is 22.9 Å². The number of nitrogens with zero attached hydrogens (tertiary/aromatic N) is 1. The lowest BCUT2D eigenvalue weighted by atomic mass is 9.92. The highest BCUT2D eigenvalue weighted by Gasteiger charge is 2.23.